The van der Waals surface area contributed by atoms with E-state index in [9.17, 15) is 0 Å². The summed E-state index contributed by atoms with van der Waals surface area (Å²) >= 11 is 0. The molecule has 50 heavy (non-hydrogen) atoms. The van der Waals surface area contributed by atoms with Crippen molar-refractivity contribution in [3.8, 4) is 0 Å². The molecule has 0 saturated carbocycles. The minimum atomic E-state index is -0.307. The van der Waals surface area contributed by atoms with Gasteiger partial charge in [-0.3, -0.25) is 9.98 Å². The van der Waals surface area contributed by atoms with E-state index in [1.54, 1.807) is 0 Å². The summed E-state index contributed by atoms with van der Waals surface area (Å²) in [5, 5.41) is 10.5. The van der Waals surface area contributed by atoms with E-state index in [-0.39, 0.29) is 15.8 Å². The van der Waals surface area contributed by atoms with Crippen molar-refractivity contribution in [2.75, 3.05) is 23.7 Å². The molecule has 2 N–H and O–H groups in total. The normalized spacial score (nSPS) is 12.3. The Hall–Kier alpha value is -3.32. The molecule has 0 aromatic heterocycles. The molecule has 0 radical (unpaired) electrons. The summed E-state index contributed by atoms with van der Waals surface area (Å²) in [6, 6.07) is 26.8. The molecule has 0 fully saturated rings. The highest BCUT2D eigenvalue weighted by Gasteiger charge is 2.24. The third-order valence-electron chi connectivity index (χ3n) is 8.86. The lowest BCUT2D eigenvalue weighted by Gasteiger charge is -2.29. The van der Waals surface area contributed by atoms with Crippen LogP contribution in [0.2, 0.25) is 0 Å². The van der Waals surface area contributed by atoms with Gasteiger partial charge in [0.2, 0.25) is 0 Å². The van der Waals surface area contributed by atoms with Crippen LogP contribution in [-0.2, 0) is 0 Å². The van der Waals surface area contributed by atoms with Crippen LogP contribution in [0.5, 0.6) is 0 Å². The lowest BCUT2D eigenvalue weighted by atomic mass is 10.1. The highest BCUT2D eigenvalue weighted by Crippen LogP contribution is 2.48. The molecular weight excluding hydrogens is 646 g/mol. The SMILES string of the molecule is Cc1ccc(Nc2ccc(C)cc2P(C(C)C)C(C)C)c(C=NCCN=Cc2cc(C)ccc2Nc2ccc(C)cc2P(C(C)C)C(C)C)c1. The van der Waals surface area contributed by atoms with E-state index in [1.165, 1.54) is 44.2 Å². The maximum Gasteiger partial charge on any atom is 0.0585 e. The number of aryl methyl sites for hydroxylation is 4. The Labute approximate surface area is 306 Å². The van der Waals surface area contributed by atoms with Crippen LogP contribution < -0.4 is 21.2 Å². The smallest absolute Gasteiger partial charge is 0.0585 e. The molecule has 0 amide bonds. The van der Waals surface area contributed by atoms with Gasteiger partial charge in [-0.05, 0) is 98.9 Å². The summed E-state index contributed by atoms with van der Waals surface area (Å²) in [5.74, 6) is 0. The Bertz CT molecular complexity index is 1640. The van der Waals surface area contributed by atoms with Gasteiger partial charge >= 0.3 is 0 Å². The lowest BCUT2D eigenvalue weighted by molar-refractivity contribution is 0.985. The Morgan fingerprint density at radius 3 is 1.08 bits per heavy atom. The molecule has 0 aliphatic rings. The topological polar surface area (TPSA) is 48.8 Å². The molecular formula is C44H60N4P2. The molecule has 0 atom stereocenters. The Morgan fingerprint density at radius 2 is 0.760 bits per heavy atom. The quantitative estimate of drug-likeness (QED) is 0.0734. The largest absolute Gasteiger partial charge is 0.354 e. The van der Waals surface area contributed by atoms with Crippen LogP contribution in [-0.4, -0.2) is 48.2 Å². The van der Waals surface area contributed by atoms with Crippen molar-refractivity contribution in [2.45, 2.75) is 106 Å². The number of hydrogen-bond donors (Lipinski definition) is 2. The van der Waals surface area contributed by atoms with E-state index in [0.29, 0.717) is 35.7 Å². The van der Waals surface area contributed by atoms with E-state index in [1.807, 2.05) is 12.4 Å². The van der Waals surface area contributed by atoms with Crippen LogP contribution in [0.25, 0.3) is 0 Å². The number of hydrogen-bond acceptors (Lipinski definition) is 4. The zero-order valence-electron chi connectivity index (χ0n) is 32.6. The van der Waals surface area contributed by atoms with Crippen molar-refractivity contribution in [1.29, 1.82) is 0 Å². The zero-order valence-corrected chi connectivity index (χ0v) is 34.4. The average Bonchev–Trinajstić information content (AvgIpc) is 3.03. The van der Waals surface area contributed by atoms with Gasteiger partial charge in [-0.25, -0.2) is 0 Å². The Balaban J connectivity index is 1.51. The summed E-state index contributed by atoms with van der Waals surface area (Å²) in [4.78, 5) is 9.67. The number of benzene rings is 4. The Morgan fingerprint density at radius 1 is 0.460 bits per heavy atom. The molecule has 0 spiro atoms. The third kappa shape index (κ3) is 10.6. The van der Waals surface area contributed by atoms with Crippen LogP contribution in [0.1, 0.15) is 88.8 Å². The summed E-state index contributed by atoms with van der Waals surface area (Å²) in [5.41, 5.74) is 14.3. The molecule has 6 heteroatoms. The van der Waals surface area contributed by atoms with Crippen molar-refractivity contribution < 1.29 is 0 Å². The molecule has 4 rings (SSSR count). The van der Waals surface area contributed by atoms with Crippen molar-refractivity contribution in [1.82, 2.24) is 0 Å². The summed E-state index contributed by atoms with van der Waals surface area (Å²) in [6.45, 7) is 28.8. The molecule has 0 heterocycles. The molecule has 0 aliphatic carbocycles. The third-order valence-corrected chi connectivity index (χ3v) is 15.2. The van der Waals surface area contributed by atoms with Gasteiger partial charge in [-0.15, -0.1) is 0 Å². The standard InChI is InChI=1S/C44H60N4P2/c1-29(2)49(30(3)4)43-25-35(11)15-19-41(43)47-39-17-13-33(9)23-37(39)27-45-21-22-46-28-38-24-34(10)14-18-40(38)48-42-20-16-36(12)26-44(42)50(31(5)6)32(7)8/h13-20,23-32,47-48H,21-22H2,1-12H3. The number of nitrogens with one attached hydrogen (secondary N) is 2. The van der Waals surface area contributed by atoms with E-state index < -0.39 is 0 Å². The predicted molar refractivity (Wildman–Crippen MR) is 230 cm³/mol. The van der Waals surface area contributed by atoms with Crippen LogP contribution >= 0.6 is 15.8 Å². The second kappa shape index (κ2) is 18.3. The van der Waals surface area contributed by atoms with Crippen molar-refractivity contribution in [3.63, 3.8) is 0 Å². The lowest BCUT2D eigenvalue weighted by Crippen LogP contribution is -2.18. The average molecular weight is 707 g/mol. The highest BCUT2D eigenvalue weighted by molar-refractivity contribution is 7.67. The van der Waals surface area contributed by atoms with E-state index in [2.05, 4.69) is 167 Å². The van der Waals surface area contributed by atoms with Crippen LogP contribution in [0.3, 0.4) is 0 Å². The van der Waals surface area contributed by atoms with E-state index >= 15 is 0 Å². The predicted octanol–water partition coefficient (Wildman–Crippen LogP) is 11.8. The Kier molecular flexibility index (Phi) is 14.4. The van der Waals surface area contributed by atoms with Crippen LogP contribution in [0.4, 0.5) is 22.7 Å². The van der Waals surface area contributed by atoms with E-state index in [0.717, 1.165) is 22.5 Å². The van der Waals surface area contributed by atoms with Gasteiger partial charge in [-0.1, -0.05) is 118 Å². The number of nitrogens with zero attached hydrogens (tertiary/aromatic N) is 2. The molecule has 4 aromatic carbocycles. The zero-order chi connectivity index (χ0) is 36.5. The highest BCUT2D eigenvalue weighted by atomic mass is 31.1. The van der Waals surface area contributed by atoms with Crippen LogP contribution in [0.15, 0.2) is 82.8 Å². The minimum Gasteiger partial charge on any atom is -0.354 e. The van der Waals surface area contributed by atoms with Gasteiger partial charge < -0.3 is 10.6 Å². The number of aliphatic imine (C=N–C) groups is 2. The minimum absolute atomic E-state index is 0.307. The summed E-state index contributed by atoms with van der Waals surface area (Å²) in [7, 11) is -0.614. The first kappa shape index (κ1) is 39.5. The van der Waals surface area contributed by atoms with Gasteiger partial charge in [0.1, 0.15) is 0 Å². The number of anilines is 4. The second-order valence-electron chi connectivity index (χ2n) is 14.7. The number of rotatable bonds is 15. The fourth-order valence-corrected chi connectivity index (χ4v) is 12.9. The monoisotopic (exact) mass is 706 g/mol. The second-order valence-corrected chi connectivity index (χ2v) is 21.5. The van der Waals surface area contributed by atoms with Crippen molar-refractivity contribution >= 4 is 61.6 Å². The van der Waals surface area contributed by atoms with E-state index in [4.69, 9.17) is 9.98 Å². The van der Waals surface area contributed by atoms with Gasteiger partial charge in [0.25, 0.3) is 0 Å². The summed E-state index contributed by atoms with van der Waals surface area (Å²) < 4.78 is 0. The maximum atomic E-state index is 4.84. The van der Waals surface area contributed by atoms with Crippen molar-refractivity contribution in [2.24, 2.45) is 9.98 Å². The van der Waals surface area contributed by atoms with Crippen LogP contribution in [0, 0.1) is 27.7 Å². The van der Waals surface area contributed by atoms with Gasteiger partial charge in [0, 0.05) is 56.9 Å². The maximum absolute atomic E-state index is 4.84. The molecule has 0 bridgehead atoms. The first-order valence-corrected chi connectivity index (χ1v) is 21.2. The molecule has 0 saturated heterocycles. The van der Waals surface area contributed by atoms with Gasteiger partial charge in [0.05, 0.1) is 13.1 Å². The first-order valence-electron chi connectivity index (χ1n) is 18.3. The van der Waals surface area contributed by atoms with Gasteiger partial charge in [-0.2, -0.15) is 0 Å². The molecule has 4 aromatic rings. The fourth-order valence-electron chi connectivity index (χ4n) is 6.76. The molecule has 0 aliphatic heterocycles. The fraction of sp³-hybridized carbons (Fsp3) is 0.409. The summed E-state index contributed by atoms with van der Waals surface area (Å²) in [6.07, 6.45) is 4.01. The molecule has 4 nitrogen and oxygen atoms in total. The molecule has 0 unspecified atom stereocenters. The van der Waals surface area contributed by atoms with Crippen molar-refractivity contribution in [3.05, 3.63) is 106 Å². The first-order chi connectivity index (χ1) is 23.7. The van der Waals surface area contributed by atoms with Gasteiger partial charge in [0.15, 0.2) is 0 Å². The molecule has 266 valence electrons.